The van der Waals surface area contributed by atoms with E-state index in [4.69, 9.17) is 5.26 Å². The Morgan fingerprint density at radius 3 is 3.00 bits per heavy atom. The number of amides is 1. The fourth-order valence-electron chi connectivity index (χ4n) is 1.30. The first-order valence-corrected chi connectivity index (χ1v) is 5.26. The minimum absolute atomic E-state index is 0.0487. The molecule has 2 aromatic rings. The van der Waals surface area contributed by atoms with Crippen LogP contribution >= 0.6 is 11.3 Å². The number of carbonyl (C=O) groups excluding carboxylic acids is 1. The van der Waals surface area contributed by atoms with E-state index >= 15 is 0 Å². The van der Waals surface area contributed by atoms with E-state index in [1.54, 1.807) is 0 Å². The molecule has 4 heteroatoms. The highest BCUT2D eigenvalue weighted by molar-refractivity contribution is 7.20. The molecule has 0 atom stereocenters. The lowest BCUT2D eigenvalue weighted by molar-refractivity contribution is 0.0962. The van der Waals surface area contributed by atoms with E-state index in [0.29, 0.717) is 4.88 Å². The molecule has 74 valence electrons. The van der Waals surface area contributed by atoms with Crippen molar-refractivity contribution in [2.24, 2.45) is 0 Å². The summed E-state index contributed by atoms with van der Waals surface area (Å²) in [6.45, 7) is 0.0487. The number of hydrogen-bond acceptors (Lipinski definition) is 3. The molecule has 0 fully saturated rings. The van der Waals surface area contributed by atoms with Gasteiger partial charge < -0.3 is 5.32 Å². The van der Waals surface area contributed by atoms with Crippen molar-refractivity contribution >= 4 is 27.3 Å². The number of nitrogens with one attached hydrogen (secondary N) is 1. The number of hydrogen-bond donors (Lipinski definition) is 1. The van der Waals surface area contributed by atoms with E-state index in [0.717, 1.165) is 10.1 Å². The second kappa shape index (κ2) is 4.11. The molecule has 15 heavy (non-hydrogen) atoms. The van der Waals surface area contributed by atoms with Crippen LogP contribution in [0.4, 0.5) is 0 Å². The third kappa shape index (κ3) is 1.97. The molecule has 1 amide bonds. The van der Waals surface area contributed by atoms with Crippen LogP contribution in [-0.2, 0) is 0 Å². The molecule has 0 radical (unpaired) electrons. The number of thiophene rings is 1. The number of carbonyl (C=O) groups is 1. The summed E-state index contributed by atoms with van der Waals surface area (Å²) in [5, 5.41) is 11.9. The molecule has 0 saturated carbocycles. The van der Waals surface area contributed by atoms with Crippen molar-refractivity contribution < 1.29 is 4.79 Å². The molecule has 0 unspecified atom stereocenters. The van der Waals surface area contributed by atoms with E-state index in [9.17, 15) is 4.79 Å². The highest BCUT2D eigenvalue weighted by Gasteiger charge is 2.08. The zero-order valence-electron chi connectivity index (χ0n) is 7.86. The number of nitriles is 1. The molecule has 3 nitrogen and oxygen atoms in total. The summed E-state index contributed by atoms with van der Waals surface area (Å²) in [5.41, 5.74) is 0. The quantitative estimate of drug-likeness (QED) is 0.782. The number of benzene rings is 1. The summed E-state index contributed by atoms with van der Waals surface area (Å²) >= 11 is 1.43. The maximum atomic E-state index is 11.5. The Labute approximate surface area is 91.0 Å². The molecule has 0 saturated heterocycles. The monoisotopic (exact) mass is 216 g/mol. The summed E-state index contributed by atoms with van der Waals surface area (Å²) in [4.78, 5) is 12.2. The molecule has 0 spiro atoms. The van der Waals surface area contributed by atoms with Gasteiger partial charge in [-0.2, -0.15) is 5.26 Å². The Balaban J connectivity index is 2.29. The van der Waals surface area contributed by atoms with Gasteiger partial charge in [0.2, 0.25) is 0 Å². The molecule has 0 bridgehead atoms. The predicted molar refractivity (Wildman–Crippen MR) is 59.8 cm³/mol. The molecule has 1 aromatic carbocycles. The lowest BCUT2D eigenvalue weighted by Crippen LogP contribution is -2.22. The van der Waals surface area contributed by atoms with Crippen LogP contribution in [0.25, 0.3) is 10.1 Å². The van der Waals surface area contributed by atoms with Crippen LogP contribution in [0.5, 0.6) is 0 Å². The molecule has 0 aliphatic carbocycles. The Morgan fingerprint density at radius 1 is 1.47 bits per heavy atom. The molecular weight excluding hydrogens is 208 g/mol. The first kappa shape index (κ1) is 9.69. The molecular formula is C11H8N2OS. The van der Waals surface area contributed by atoms with Crippen LogP contribution in [0.15, 0.2) is 30.3 Å². The second-order valence-corrected chi connectivity index (χ2v) is 4.07. The van der Waals surface area contributed by atoms with Crippen molar-refractivity contribution in [1.29, 1.82) is 5.26 Å². The standard InChI is InChI=1S/C11H8N2OS/c12-5-6-13-11(14)10-7-8-3-1-2-4-9(8)15-10/h1-4,7H,6H2,(H,13,14). The van der Waals surface area contributed by atoms with E-state index in [-0.39, 0.29) is 12.5 Å². The van der Waals surface area contributed by atoms with Gasteiger partial charge in [-0.25, -0.2) is 0 Å². The molecule has 1 heterocycles. The Bertz CT molecular complexity index is 506. The number of nitrogens with zero attached hydrogens (tertiary/aromatic N) is 1. The van der Waals surface area contributed by atoms with E-state index < -0.39 is 0 Å². The summed E-state index contributed by atoms with van der Waals surface area (Å²) in [6, 6.07) is 11.5. The average Bonchev–Trinajstić information content (AvgIpc) is 2.69. The first-order valence-electron chi connectivity index (χ1n) is 4.45. The highest BCUT2D eigenvalue weighted by Crippen LogP contribution is 2.24. The fourth-order valence-corrected chi connectivity index (χ4v) is 2.28. The smallest absolute Gasteiger partial charge is 0.262 e. The number of fused-ring (bicyclic) bond motifs is 1. The van der Waals surface area contributed by atoms with Crippen LogP contribution in [-0.4, -0.2) is 12.5 Å². The van der Waals surface area contributed by atoms with Gasteiger partial charge in [-0.05, 0) is 17.5 Å². The van der Waals surface area contributed by atoms with Gasteiger partial charge in [0.1, 0.15) is 6.54 Å². The Kier molecular flexibility index (Phi) is 2.66. The van der Waals surface area contributed by atoms with E-state index in [1.807, 2.05) is 36.4 Å². The van der Waals surface area contributed by atoms with E-state index in [1.165, 1.54) is 11.3 Å². The maximum absolute atomic E-state index is 11.5. The van der Waals surface area contributed by atoms with Gasteiger partial charge in [0.15, 0.2) is 0 Å². The molecule has 0 aliphatic rings. The molecule has 1 aromatic heterocycles. The summed E-state index contributed by atoms with van der Waals surface area (Å²) in [7, 11) is 0. The SMILES string of the molecule is N#CCNC(=O)c1cc2ccccc2s1. The third-order valence-electron chi connectivity index (χ3n) is 1.98. The zero-order chi connectivity index (χ0) is 10.7. The van der Waals surface area contributed by atoms with Crippen LogP contribution in [0.3, 0.4) is 0 Å². The average molecular weight is 216 g/mol. The van der Waals surface area contributed by atoms with Gasteiger partial charge >= 0.3 is 0 Å². The number of rotatable bonds is 2. The van der Waals surface area contributed by atoms with Gasteiger partial charge in [0, 0.05) is 4.70 Å². The minimum Gasteiger partial charge on any atom is -0.338 e. The van der Waals surface area contributed by atoms with Gasteiger partial charge in [0.05, 0.1) is 10.9 Å². The lowest BCUT2D eigenvalue weighted by Gasteiger charge is -1.94. The zero-order valence-corrected chi connectivity index (χ0v) is 8.67. The highest BCUT2D eigenvalue weighted by atomic mass is 32.1. The first-order chi connectivity index (χ1) is 7.31. The maximum Gasteiger partial charge on any atom is 0.262 e. The van der Waals surface area contributed by atoms with Crippen molar-refractivity contribution in [2.75, 3.05) is 6.54 Å². The van der Waals surface area contributed by atoms with Crippen molar-refractivity contribution in [3.8, 4) is 6.07 Å². The van der Waals surface area contributed by atoms with Gasteiger partial charge in [0.25, 0.3) is 5.91 Å². The minimum atomic E-state index is -0.183. The molecule has 2 rings (SSSR count). The van der Waals surface area contributed by atoms with E-state index in [2.05, 4.69) is 5.32 Å². The summed E-state index contributed by atoms with van der Waals surface area (Å²) in [5.74, 6) is -0.183. The van der Waals surface area contributed by atoms with Crippen molar-refractivity contribution in [2.45, 2.75) is 0 Å². The lowest BCUT2D eigenvalue weighted by atomic mass is 10.2. The van der Waals surface area contributed by atoms with Gasteiger partial charge in [-0.3, -0.25) is 4.79 Å². The van der Waals surface area contributed by atoms with Crippen LogP contribution in [0.1, 0.15) is 9.67 Å². The normalized spacial score (nSPS) is 9.80. The summed E-state index contributed by atoms with van der Waals surface area (Å²) < 4.78 is 1.08. The van der Waals surface area contributed by atoms with Crippen molar-refractivity contribution in [1.82, 2.24) is 5.32 Å². The van der Waals surface area contributed by atoms with Crippen LogP contribution < -0.4 is 5.32 Å². The fraction of sp³-hybridized carbons (Fsp3) is 0.0909. The van der Waals surface area contributed by atoms with Crippen molar-refractivity contribution in [3.63, 3.8) is 0 Å². The van der Waals surface area contributed by atoms with Crippen LogP contribution in [0, 0.1) is 11.3 Å². The third-order valence-corrected chi connectivity index (χ3v) is 3.09. The summed E-state index contributed by atoms with van der Waals surface area (Å²) in [6.07, 6.45) is 0. The Morgan fingerprint density at radius 2 is 2.27 bits per heavy atom. The molecule has 0 aliphatic heterocycles. The van der Waals surface area contributed by atoms with Gasteiger partial charge in [-0.15, -0.1) is 11.3 Å². The topological polar surface area (TPSA) is 52.9 Å². The van der Waals surface area contributed by atoms with Crippen molar-refractivity contribution in [3.05, 3.63) is 35.2 Å². The predicted octanol–water partition coefficient (Wildman–Crippen LogP) is 2.15. The molecule has 1 N–H and O–H groups in total. The van der Waals surface area contributed by atoms with Crippen LogP contribution in [0.2, 0.25) is 0 Å². The second-order valence-electron chi connectivity index (χ2n) is 2.99. The largest absolute Gasteiger partial charge is 0.338 e. The Hall–Kier alpha value is -1.86. The van der Waals surface area contributed by atoms with Gasteiger partial charge in [-0.1, -0.05) is 18.2 Å².